The average Bonchev–Trinajstić information content (AvgIpc) is 3.52. The first-order chi connectivity index (χ1) is 16.8. The molecule has 0 amide bonds. The maximum Gasteiger partial charge on any atom is 0.416 e. The van der Waals surface area contributed by atoms with Crippen LogP contribution in [-0.4, -0.2) is 27.2 Å². The highest BCUT2D eigenvalue weighted by Gasteiger charge is 2.32. The second-order valence-electron chi connectivity index (χ2n) is 8.44. The predicted molar refractivity (Wildman–Crippen MR) is 124 cm³/mol. The molecule has 0 aliphatic carbocycles. The number of guanidine groups is 1. The molecule has 0 bridgehead atoms. The van der Waals surface area contributed by atoms with E-state index in [4.69, 9.17) is 20.7 Å². The maximum atomic E-state index is 12.7. The lowest BCUT2D eigenvalue weighted by Crippen LogP contribution is -2.35. The third-order valence-corrected chi connectivity index (χ3v) is 6.07. The van der Waals surface area contributed by atoms with Crippen molar-refractivity contribution in [2.45, 2.75) is 31.7 Å². The first-order valence-electron chi connectivity index (χ1n) is 11.1. The van der Waals surface area contributed by atoms with Crippen LogP contribution < -0.4 is 16.2 Å². The molecule has 1 aliphatic rings. The summed E-state index contributed by atoms with van der Waals surface area (Å²) < 4.78 is 51.3. The minimum absolute atomic E-state index is 0.119. The number of ether oxygens (including phenoxy) is 1. The molecule has 1 aliphatic heterocycles. The first kappa shape index (κ1) is 22.7. The molecule has 1 fully saturated rings. The monoisotopic (exact) mass is 482 g/mol. The third kappa shape index (κ3) is 4.77. The largest absolute Gasteiger partial charge is 0.489 e. The summed E-state index contributed by atoms with van der Waals surface area (Å²) in [5.41, 5.74) is 12.3. The van der Waals surface area contributed by atoms with Crippen molar-refractivity contribution in [2.75, 3.05) is 6.54 Å². The topological polar surface area (TPSA) is 103 Å². The number of aromatic nitrogens is 2. The molecule has 0 radical (unpaired) electrons. The van der Waals surface area contributed by atoms with Crippen LogP contribution in [0, 0.1) is 0 Å². The van der Waals surface area contributed by atoms with E-state index in [-0.39, 0.29) is 18.6 Å². The minimum atomic E-state index is -4.35. The summed E-state index contributed by atoms with van der Waals surface area (Å²) >= 11 is 0. The smallest absolute Gasteiger partial charge is 0.416 e. The molecule has 7 nitrogen and oxygen atoms in total. The van der Waals surface area contributed by atoms with Crippen LogP contribution in [0.15, 0.2) is 65.2 Å². The van der Waals surface area contributed by atoms with Gasteiger partial charge in [-0.2, -0.15) is 18.2 Å². The molecule has 1 aromatic heterocycles. The van der Waals surface area contributed by atoms with Gasteiger partial charge in [0.05, 0.1) is 12.1 Å². The van der Waals surface area contributed by atoms with Crippen LogP contribution in [0.5, 0.6) is 5.75 Å². The van der Waals surface area contributed by atoms with Crippen molar-refractivity contribution >= 4 is 16.7 Å². The number of nitrogens with zero attached hydrogens (tertiary/aromatic N) is 3. The van der Waals surface area contributed by atoms with E-state index in [1.54, 1.807) is 0 Å². The number of hydrogen-bond donors (Lipinski definition) is 2. The standard InChI is InChI=1S/C25H22F3N5O2/c26-25(27,28)19-8-3-15(4-9-19)14-34-20-10-7-16-12-18(6-5-17(16)13-20)22-31-23(35-32-22)21-2-1-11-33(21)24(29)30/h3-10,12-13,21H,1-2,11,14H2,(H3,29,30)/p+1/t21-/m0/s1. The van der Waals surface area contributed by atoms with Gasteiger partial charge in [-0.3, -0.25) is 16.0 Å². The van der Waals surface area contributed by atoms with E-state index in [9.17, 15) is 13.2 Å². The van der Waals surface area contributed by atoms with Crippen molar-refractivity contribution in [1.82, 2.24) is 10.1 Å². The lowest BCUT2D eigenvalue weighted by Gasteiger charge is -2.10. The Balaban J connectivity index is 1.30. The highest BCUT2D eigenvalue weighted by atomic mass is 19.4. The second-order valence-corrected chi connectivity index (χ2v) is 8.44. The van der Waals surface area contributed by atoms with Gasteiger partial charge in [0.1, 0.15) is 12.4 Å². The summed E-state index contributed by atoms with van der Waals surface area (Å²) in [7, 11) is 0. The number of fused-ring (bicyclic) bond motifs is 1. The molecule has 35 heavy (non-hydrogen) atoms. The Hall–Kier alpha value is -4.08. The number of alkyl halides is 3. The van der Waals surface area contributed by atoms with Gasteiger partial charge in [0.15, 0.2) is 6.04 Å². The molecule has 0 spiro atoms. The average molecular weight is 482 g/mol. The fourth-order valence-electron chi connectivity index (χ4n) is 4.23. The Morgan fingerprint density at radius 3 is 2.51 bits per heavy atom. The van der Waals surface area contributed by atoms with Gasteiger partial charge in [-0.15, -0.1) is 0 Å². The Morgan fingerprint density at radius 1 is 1.03 bits per heavy atom. The van der Waals surface area contributed by atoms with Gasteiger partial charge >= 0.3 is 12.1 Å². The summed E-state index contributed by atoms with van der Waals surface area (Å²) in [6, 6.07) is 16.2. The van der Waals surface area contributed by atoms with Gasteiger partial charge in [0.25, 0.3) is 5.89 Å². The molecular weight excluding hydrogens is 459 g/mol. The van der Waals surface area contributed by atoms with Crippen molar-refractivity contribution in [3.63, 3.8) is 0 Å². The van der Waals surface area contributed by atoms with Crippen molar-refractivity contribution in [2.24, 2.45) is 11.5 Å². The quantitative estimate of drug-likeness (QED) is 0.318. The van der Waals surface area contributed by atoms with Crippen LogP contribution in [0.3, 0.4) is 0 Å². The molecule has 0 saturated carbocycles. The van der Waals surface area contributed by atoms with Crippen LogP contribution in [0.1, 0.15) is 35.9 Å². The van der Waals surface area contributed by atoms with E-state index in [1.807, 2.05) is 41.0 Å². The molecule has 4 N–H and O–H groups in total. The zero-order valence-electron chi connectivity index (χ0n) is 18.6. The third-order valence-electron chi connectivity index (χ3n) is 6.07. The highest BCUT2D eigenvalue weighted by Crippen LogP contribution is 2.31. The van der Waals surface area contributed by atoms with Gasteiger partial charge in [-0.05, 0) is 59.5 Å². The van der Waals surface area contributed by atoms with E-state index >= 15 is 0 Å². The van der Waals surface area contributed by atoms with Gasteiger partial charge in [0, 0.05) is 5.56 Å². The fraction of sp³-hybridized carbons (Fsp3) is 0.240. The summed E-state index contributed by atoms with van der Waals surface area (Å²) in [6.07, 6.45) is -2.57. The van der Waals surface area contributed by atoms with Crippen LogP contribution in [-0.2, 0) is 12.8 Å². The molecule has 4 aromatic rings. The van der Waals surface area contributed by atoms with Crippen LogP contribution >= 0.6 is 0 Å². The summed E-state index contributed by atoms with van der Waals surface area (Å²) in [5, 5.41) is 6.03. The normalized spacial score (nSPS) is 16.1. The van der Waals surface area contributed by atoms with Crippen LogP contribution in [0.25, 0.3) is 22.2 Å². The number of rotatable bonds is 5. The number of nitrogens with two attached hydrogens (primary N) is 2. The highest BCUT2D eigenvalue weighted by molar-refractivity contribution is 5.87. The molecule has 5 rings (SSSR count). The second kappa shape index (κ2) is 8.94. The first-order valence-corrected chi connectivity index (χ1v) is 11.1. The molecule has 10 heteroatoms. The fourth-order valence-corrected chi connectivity index (χ4v) is 4.23. The lowest BCUT2D eigenvalue weighted by atomic mass is 10.1. The number of hydrogen-bond acceptors (Lipinski definition) is 4. The Labute approximate surface area is 198 Å². The molecule has 0 unspecified atom stereocenters. The number of benzene rings is 3. The summed E-state index contributed by atoms with van der Waals surface area (Å²) in [4.78, 5) is 4.56. The Kier molecular flexibility index (Phi) is 5.80. The maximum absolute atomic E-state index is 12.7. The molecule has 3 aromatic carbocycles. The van der Waals surface area contributed by atoms with E-state index in [0.29, 0.717) is 23.0 Å². The number of halogens is 3. The van der Waals surface area contributed by atoms with Crippen molar-refractivity contribution in [1.29, 1.82) is 0 Å². The molecular formula is C25H23F3N5O2+. The van der Waals surface area contributed by atoms with E-state index < -0.39 is 11.7 Å². The van der Waals surface area contributed by atoms with Crippen LogP contribution in [0.4, 0.5) is 13.2 Å². The van der Waals surface area contributed by atoms with Crippen molar-refractivity contribution in [3.8, 4) is 17.1 Å². The lowest BCUT2D eigenvalue weighted by molar-refractivity contribution is -0.555. The Bertz CT molecular complexity index is 1390. The van der Waals surface area contributed by atoms with Crippen molar-refractivity contribution in [3.05, 3.63) is 77.7 Å². The van der Waals surface area contributed by atoms with Crippen LogP contribution in [0.2, 0.25) is 0 Å². The molecule has 1 atom stereocenters. The molecule has 180 valence electrons. The summed E-state index contributed by atoms with van der Waals surface area (Å²) in [5.74, 6) is 1.82. The van der Waals surface area contributed by atoms with E-state index in [0.717, 1.165) is 47.9 Å². The van der Waals surface area contributed by atoms with Crippen molar-refractivity contribution < 1.29 is 27.0 Å². The van der Waals surface area contributed by atoms with E-state index in [1.165, 1.54) is 12.1 Å². The molecule has 1 saturated heterocycles. The van der Waals surface area contributed by atoms with E-state index in [2.05, 4.69) is 10.1 Å². The van der Waals surface area contributed by atoms with Gasteiger partial charge in [0.2, 0.25) is 5.82 Å². The predicted octanol–water partition coefficient (Wildman–Crippen LogP) is 4.61. The zero-order chi connectivity index (χ0) is 24.6. The van der Waals surface area contributed by atoms with Gasteiger partial charge in [-0.1, -0.05) is 35.5 Å². The minimum Gasteiger partial charge on any atom is -0.489 e. The van der Waals surface area contributed by atoms with Gasteiger partial charge < -0.3 is 9.26 Å². The summed E-state index contributed by atoms with van der Waals surface area (Å²) in [6.45, 7) is 0.917. The zero-order valence-corrected chi connectivity index (χ0v) is 18.6. The van der Waals surface area contributed by atoms with Gasteiger partial charge in [-0.25, -0.2) is 0 Å². The SMILES string of the molecule is NC(N)=[N+]1CCC[C@H]1c1nc(-c2ccc3cc(OCc4ccc(C(F)(F)F)cc4)ccc3c2)no1. The molecule has 2 heterocycles. The Morgan fingerprint density at radius 2 is 1.77 bits per heavy atom.